The summed E-state index contributed by atoms with van der Waals surface area (Å²) in [5.41, 5.74) is 0.548. The lowest BCUT2D eigenvalue weighted by atomic mass is 10.1. The first-order valence-electron chi connectivity index (χ1n) is 8.77. The molecule has 0 atom stereocenters. The number of hydrogen-bond acceptors (Lipinski definition) is 5. The number of ether oxygens (including phenoxy) is 2. The van der Waals surface area contributed by atoms with Crippen LogP contribution in [0, 0.1) is 0 Å². The van der Waals surface area contributed by atoms with E-state index in [1.165, 1.54) is 12.1 Å². The maximum atomic E-state index is 12.8. The lowest BCUT2D eigenvalue weighted by molar-refractivity contribution is 0.0774. The van der Waals surface area contributed by atoms with Gasteiger partial charge in [-0.1, -0.05) is 12.1 Å². The fourth-order valence-corrected chi connectivity index (χ4v) is 3.93. The summed E-state index contributed by atoms with van der Waals surface area (Å²) in [6.45, 7) is 5.63. The Morgan fingerprint density at radius 2 is 1.70 bits per heavy atom. The van der Waals surface area contributed by atoms with Crippen LogP contribution >= 0.6 is 0 Å². The van der Waals surface area contributed by atoms with Crippen molar-refractivity contribution in [3.8, 4) is 11.5 Å². The minimum absolute atomic E-state index is 0.0387. The van der Waals surface area contributed by atoms with Gasteiger partial charge in [-0.05, 0) is 38.1 Å². The number of fused-ring (bicyclic) bond motifs is 1. The fraction of sp³-hybridized carbons (Fsp3) is 0.316. The van der Waals surface area contributed by atoms with E-state index in [0.717, 1.165) is 0 Å². The average molecular weight is 390 g/mol. The van der Waals surface area contributed by atoms with Gasteiger partial charge in [0.1, 0.15) is 13.2 Å². The van der Waals surface area contributed by atoms with E-state index in [-0.39, 0.29) is 16.5 Å². The Morgan fingerprint density at radius 1 is 1.04 bits per heavy atom. The van der Waals surface area contributed by atoms with E-state index in [1.54, 1.807) is 35.2 Å². The standard InChI is InChI=1S/C19H22N2O5S/c1-3-21(4-2)19(22)15-7-5-6-8-16(15)20-27(23,24)14-9-10-17-18(13-14)26-12-11-25-17/h5-10,13,20H,3-4,11-12H2,1-2H3. The summed E-state index contributed by atoms with van der Waals surface area (Å²) in [7, 11) is -3.90. The number of sulfonamides is 1. The highest BCUT2D eigenvalue weighted by Gasteiger charge is 2.23. The topological polar surface area (TPSA) is 84.9 Å². The number of carbonyl (C=O) groups excluding carboxylic acids is 1. The van der Waals surface area contributed by atoms with Crippen molar-refractivity contribution in [1.82, 2.24) is 4.90 Å². The molecule has 1 N–H and O–H groups in total. The number of carbonyl (C=O) groups is 1. The Kier molecular flexibility index (Phi) is 5.55. The molecule has 1 heterocycles. The van der Waals surface area contributed by atoms with Crippen LogP contribution in [0.4, 0.5) is 5.69 Å². The maximum absolute atomic E-state index is 12.8. The largest absolute Gasteiger partial charge is 0.486 e. The van der Waals surface area contributed by atoms with Crippen molar-refractivity contribution in [1.29, 1.82) is 0 Å². The number of amides is 1. The Bertz CT molecular complexity index is 939. The highest BCUT2D eigenvalue weighted by atomic mass is 32.2. The van der Waals surface area contributed by atoms with Crippen molar-refractivity contribution in [2.24, 2.45) is 0 Å². The first kappa shape index (κ1) is 19.0. The van der Waals surface area contributed by atoms with Crippen molar-refractivity contribution in [2.75, 3.05) is 31.0 Å². The van der Waals surface area contributed by atoms with Crippen LogP contribution < -0.4 is 14.2 Å². The second-order valence-corrected chi connectivity index (χ2v) is 7.62. The highest BCUT2D eigenvalue weighted by molar-refractivity contribution is 7.92. The monoisotopic (exact) mass is 390 g/mol. The lowest BCUT2D eigenvalue weighted by Gasteiger charge is -2.21. The molecular formula is C19H22N2O5S. The van der Waals surface area contributed by atoms with Gasteiger partial charge in [0.2, 0.25) is 0 Å². The molecule has 27 heavy (non-hydrogen) atoms. The number of rotatable bonds is 6. The molecule has 0 spiro atoms. The first-order chi connectivity index (χ1) is 13.0. The first-order valence-corrected chi connectivity index (χ1v) is 10.3. The van der Waals surface area contributed by atoms with E-state index in [2.05, 4.69) is 4.72 Å². The van der Waals surface area contributed by atoms with Gasteiger partial charge >= 0.3 is 0 Å². The summed E-state index contributed by atoms with van der Waals surface area (Å²) in [6.07, 6.45) is 0. The molecule has 2 aromatic carbocycles. The second-order valence-electron chi connectivity index (χ2n) is 5.93. The Balaban J connectivity index is 1.92. The normalized spacial score (nSPS) is 13.1. The minimum Gasteiger partial charge on any atom is -0.486 e. The molecule has 1 aliphatic rings. The molecule has 1 aliphatic heterocycles. The summed E-state index contributed by atoms with van der Waals surface area (Å²) in [5, 5.41) is 0. The number of benzene rings is 2. The third kappa shape index (κ3) is 4.00. The van der Waals surface area contributed by atoms with Crippen molar-refractivity contribution >= 4 is 21.6 Å². The zero-order chi connectivity index (χ0) is 19.4. The summed E-state index contributed by atoms with van der Waals surface area (Å²) in [6, 6.07) is 11.0. The van der Waals surface area contributed by atoms with E-state index < -0.39 is 10.0 Å². The molecule has 2 aromatic rings. The smallest absolute Gasteiger partial charge is 0.262 e. The molecule has 3 rings (SSSR count). The molecule has 7 nitrogen and oxygen atoms in total. The lowest BCUT2D eigenvalue weighted by Crippen LogP contribution is -2.31. The van der Waals surface area contributed by atoms with Crippen LogP contribution in [0.25, 0.3) is 0 Å². The summed E-state index contributed by atoms with van der Waals surface area (Å²) in [4.78, 5) is 14.4. The van der Waals surface area contributed by atoms with Crippen LogP contribution in [0.15, 0.2) is 47.4 Å². The number of para-hydroxylation sites is 1. The predicted molar refractivity (Wildman–Crippen MR) is 102 cm³/mol. The van der Waals surface area contributed by atoms with Gasteiger partial charge in [0.15, 0.2) is 11.5 Å². The zero-order valence-electron chi connectivity index (χ0n) is 15.3. The molecule has 0 saturated heterocycles. The van der Waals surface area contributed by atoms with Crippen LogP contribution in [0.1, 0.15) is 24.2 Å². The van der Waals surface area contributed by atoms with Gasteiger partial charge in [-0.15, -0.1) is 0 Å². The predicted octanol–water partition coefficient (Wildman–Crippen LogP) is 2.74. The van der Waals surface area contributed by atoms with Crippen molar-refractivity contribution in [3.05, 3.63) is 48.0 Å². The second kappa shape index (κ2) is 7.87. The molecule has 0 unspecified atom stereocenters. The highest BCUT2D eigenvalue weighted by Crippen LogP contribution is 2.33. The summed E-state index contributed by atoms with van der Waals surface area (Å²) in [5.74, 6) is 0.675. The Hall–Kier alpha value is -2.74. The number of hydrogen-bond donors (Lipinski definition) is 1. The van der Waals surface area contributed by atoms with Crippen LogP contribution in [0.5, 0.6) is 11.5 Å². The fourth-order valence-electron chi connectivity index (χ4n) is 2.83. The van der Waals surface area contributed by atoms with Gasteiger partial charge in [-0.3, -0.25) is 9.52 Å². The van der Waals surface area contributed by atoms with Crippen molar-refractivity contribution < 1.29 is 22.7 Å². The molecular weight excluding hydrogens is 368 g/mol. The van der Waals surface area contributed by atoms with Crippen LogP contribution in [-0.4, -0.2) is 45.5 Å². The van der Waals surface area contributed by atoms with Crippen LogP contribution in [0.2, 0.25) is 0 Å². The molecule has 8 heteroatoms. The Morgan fingerprint density at radius 3 is 2.41 bits per heavy atom. The quantitative estimate of drug-likeness (QED) is 0.820. The Labute approximate surface area is 158 Å². The third-order valence-electron chi connectivity index (χ3n) is 4.28. The zero-order valence-corrected chi connectivity index (χ0v) is 16.1. The summed E-state index contributed by atoms with van der Waals surface area (Å²) >= 11 is 0. The number of nitrogens with one attached hydrogen (secondary N) is 1. The molecule has 0 aliphatic carbocycles. The van der Waals surface area contributed by atoms with Crippen LogP contribution in [0.3, 0.4) is 0 Å². The van der Waals surface area contributed by atoms with Gasteiger partial charge in [-0.25, -0.2) is 8.42 Å². The molecule has 144 valence electrons. The molecule has 0 fully saturated rings. The van der Waals surface area contributed by atoms with Gasteiger partial charge in [-0.2, -0.15) is 0 Å². The van der Waals surface area contributed by atoms with E-state index in [9.17, 15) is 13.2 Å². The van der Waals surface area contributed by atoms with Gasteiger partial charge in [0.25, 0.3) is 15.9 Å². The maximum Gasteiger partial charge on any atom is 0.262 e. The van der Waals surface area contributed by atoms with E-state index in [1.807, 2.05) is 13.8 Å². The van der Waals surface area contributed by atoms with Crippen molar-refractivity contribution in [3.63, 3.8) is 0 Å². The SMILES string of the molecule is CCN(CC)C(=O)c1ccccc1NS(=O)(=O)c1ccc2c(c1)OCCO2. The molecule has 1 amide bonds. The van der Waals surface area contributed by atoms with E-state index >= 15 is 0 Å². The third-order valence-corrected chi connectivity index (χ3v) is 5.64. The number of anilines is 1. The van der Waals surface area contributed by atoms with Crippen molar-refractivity contribution in [2.45, 2.75) is 18.7 Å². The van der Waals surface area contributed by atoms with E-state index in [0.29, 0.717) is 43.4 Å². The summed E-state index contributed by atoms with van der Waals surface area (Å²) < 4.78 is 39.1. The van der Waals surface area contributed by atoms with Gasteiger partial charge < -0.3 is 14.4 Å². The minimum atomic E-state index is -3.90. The number of nitrogens with zero attached hydrogens (tertiary/aromatic N) is 1. The van der Waals surface area contributed by atoms with E-state index in [4.69, 9.17) is 9.47 Å². The van der Waals surface area contributed by atoms with Gasteiger partial charge in [0.05, 0.1) is 16.1 Å². The molecule has 0 bridgehead atoms. The average Bonchev–Trinajstić information content (AvgIpc) is 2.68. The molecule has 0 saturated carbocycles. The van der Waals surface area contributed by atoms with Gasteiger partial charge in [0, 0.05) is 19.2 Å². The molecule has 0 radical (unpaired) electrons. The molecule has 0 aromatic heterocycles. The van der Waals surface area contributed by atoms with Crippen LogP contribution in [-0.2, 0) is 10.0 Å².